The van der Waals surface area contributed by atoms with Gasteiger partial charge in [-0.2, -0.15) is 0 Å². The van der Waals surface area contributed by atoms with Crippen LogP contribution in [0.15, 0.2) is 50.8 Å². The first-order valence-corrected chi connectivity index (χ1v) is 11.3. The van der Waals surface area contributed by atoms with Gasteiger partial charge < -0.3 is 24.8 Å². The van der Waals surface area contributed by atoms with Crippen LogP contribution in [-0.2, 0) is 21.3 Å². The van der Waals surface area contributed by atoms with Crippen LogP contribution in [0, 0.1) is 0 Å². The fraction of sp³-hybridized carbons (Fsp3) is 0.316. The average molecular weight is 413 g/mol. The number of halogens is 2. The summed E-state index contributed by atoms with van der Waals surface area (Å²) in [7, 11) is 0. The summed E-state index contributed by atoms with van der Waals surface area (Å²) in [6.45, 7) is 9.34. The number of benzene rings is 1. The quantitative estimate of drug-likeness (QED) is 0.598. The van der Waals surface area contributed by atoms with E-state index in [1.807, 2.05) is 3.28 Å². The molecule has 1 aromatic rings. The van der Waals surface area contributed by atoms with E-state index in [0.29, 0.717) is 3.63 Å². The van der Waals surface area contributed by atoms with Crippen molar-refractivity contribution in [1.82, 2.24) is 0 Å². The number of allylic oxidation sites excluding steroid dienone is 5. The Morgan fingerprint density at radius 1 is 1.09 bits per heavy atom. The van der Waals surface area contributed by atoms with Gasteiger partial charge in [0.25, 0.3) is 0 Å². The molecule has 0 nitrogen and oxygen atoms in total. The summed E-state index contributed by atoms with van der Waals surface area (Å²) >= 11 is -1.77. The van der Waals surface area contributed by atoms with Gasteiger partial charge in [-0.1, -0.05) is 0 Å². The first-order chi connectivity index (χ1) is 9.58. The van der Waals surface area contributed by atoms with Gasteiger partial charge in [-0.05, 0) is 0 Å². The van der Waals surface area contributed by atoms with Crippen LogP contribution in [-0.4, -0.2) is 3.21 Å². The summed E-state index contributed by atoms with van der Waals surface area (Å²) in [6.07, 6.45) is 8.47. The molecule has 0 aliphatic heterocycles. The molecule has 0 N–H and O–H groups in total. The molecule has 22 heavy (non-hydrogen) atoms. The van der Waals surface area contributed by atoms with Gasteiger partial charge in [-0.3, -0.25) is 0 Å². The van der Waals surface area contributed by atoms with Crippen molar-refractivity contribution in [3.8, 4) is 0 Å². The Morgan fingerprint density at radius 3 is 2.36 bits per heavy atom. The van der Waals surface area contributed by atoms with Crippen LogP contribution in [0.1, 0.15) is 48.9 Å². The third kappa shape index (κ3) is 3.64. The summed E-state index contributed by atoms with van der Waals surface area (Å²) in [5.74, 6) is 0. The SMILES string of the molecule is CC1=CC(C)=[C]([Zr+2](=[C](C)C)[CH]2C=Cc3ccccc32)C1.[Cl-].[Cl-]. The van der Waals surface area contributed by atoms with E-state index in [2.05, 4.69) is 70.2 Å². The number of hydrogen-bond donors (Lipinski definition) is 0. The summed E-state index contributed by atoms with van der Waals surface area (Å²) in [5, 5.41) is 0. The third-order valence-corrected chi connectivity index (χ3v) is 12.8. The van der Waals surface area contributed by atoms with Crippen LogP contribution in [0.4, 0.5) is 0 Å². The summed E-state index contributed by atoms with van der Waals surface area (Å²) in [4.78, 5) is 0. The van der Waals surface area contributed by atoms with Gasteiger partial charge in [0.15, 0.2) is 0 Å². The van der Waals surface area contributed by atoms with Crippen LogP contribution < -0.4 is 24.8 Å². The first kappa shape index (κ1) is 19.8. The van der Waals surface area contributed by atoms with Gasteiger partial charge in [0.1, 0.15) is 0 Å². The summed E-state index contributed by atoms with van der Waals surface area (Å²) < 4.78 is 4.25. The molecule has 2 aliphatic rings. The molecule has 1 aromatic carbocycles. The molecule has 0 spiro atoms. The van der Waals surface area contributed by atoms with E-state index in [-0.39, 0.29) is 24.8 Å². The maximum atomic E-state index is 2.49. The Balaban J connectivity index is 0.00000121. The largest absolute Gasteiger partial charge is 1.00 e. The molecule has 0 heterocycles. The minimum atomic E-state index is -1.77. The van der Waals surface area contributed by atoms with Crippen molar-refractivity contribution in [2.45, 2.75) is 37.7 Å². The van der Waals surface area contributed by atoms with Crippen LogP contribution in [0.25, 0.3) is 6.08 Å². The zero-order chi connectivity index (χ0) is 14.3. The molecular weight excluding hydrogens is 390 g/mol. The van der Waals surface area contributed by atoms with Crippen molar-refractivity contribution in [2.24, 2.45) is 0 Å². The zero-order valence-electron chi connectivity index (χ0n) is 13.6. The van der Waals surface area contributed by atoms with Gasteiger partial charge in [-0.25, -0.2) is 0 Å². The molecule has 116 valence electrons. The molecule has 1 unspecified atom stereocenters. The maximum absolute atomic E-state index is 2.49. The smallest absolute Gasteiger partial charge is 1.00 e. The Kier molecular flexibility index (Phi) is 7.25. The third-order valence-electron chi connectivity index (χ3n) is 4.37. The molecule has 2 aliphatic carbocycles. The second-order valence-corrected chi connectivity index (χ2v) is 13.7. The molecule has 0 saturated heterocycles. The second-order valence-electron chi connectivity index (χ2n) is 6.21. The van der Waals surface area contributed by atoms with E-state index in [1.54, 1.807) is 19.9 Å². The van der Waals surface area contributed by atoms with Gasteiger partial charge in [0, 0.05) is 0 Å². The van der Waals surface area contributed by atoms with Crippen molar-refractivity contribution in [1.29, 1.82) is 0 Å². The van der Waals surface area contributed by atoms with E-state index >= 15 is 0 Å². The monoisotopic (exact) mass is 410 g/mol. The predicted octanol–water partition coefficient (Wildman–Crippen LogP) is -0.783. The Hall–Kier alpha value is -0.227. The first-order valence-electron chi connectivity index (χ1n) is 7.39. The van der Waals surface area contributed by atoms with Gasteiger partial charge in [-0.15, -0.1) is 0 Å². The topological polar surface area (TPSA) is 0 Å². The predicted molar refractivity (Wildman–Crippen MR) is 85.6 cm³/mol. The minimum absolute atomic E-state index is 0. The van der Waals surface area contributed by atoms with Crippen LogP contribution in [0.3, 0.4) is 0 Å². The van der Waals surface area contributed by atoms with Gasteiger partial charge >= 0.3 is 130 Å². The van der Waals surface area contributed by atoms with E-state index < -0.39 is 21.3 Å². The van der Waals surface area contributed by atoms with E-state index in [4.69, 9.17) is 0 Å². The van der Waals surface area contributed by atoms with E-state index in [9.17, 15) is 0 Å². The Morgan fingerprint density at radius 2 is 1.77 bits per heavy atom. The standard InChI is InChI=1S/C9H7.C7H9.C3H6.2ClH.Zr/c1-2-5-9-7-3-6-8(9)4-1;1-6-3-4-7(2)5-6;1-3-2;;;/h1-7H;5H,3H2,1-2H3;1-2H3;2*1H;/q;;;;;+2/p-2. The maximum Gasteiger partial charge on any atom is -1.00 e. The zero-order valence-corrected chi connectivity index (χ0v) is 17.6. The average Bonchev–Trinajstić information content (AvgIpc) is 2.95. The number of fused-ring (bicyclic) bond motifs is 1. The Labute approximate surface area is 154 Å². The van der Waals surface area contributed by atoms with Crippen molar-refractivity contribution < 1.29 is 46.1 Å². The molecule has 1 atom stereocenters. The molecule has 0 fully saturated rings. The molecule has 0 aromatic heterocycles. The Bertz CT molecular complexity index is 689. The van der Waals surface area contributed by atoms with Crippen molar-refractivity contribution >= 4 is 9.28 Å². The molecule has 0 bridgehead atoms. The van der Waals surface area contributed by atoms with Crippen LogP contribution in [0.5, 0.6) is 0 Å². The van der Waals surface area contributed by atoms with Gasteiger partial charge in [0.05, 0.1) is 0 Å². The fourth-order valence-electron chi connectivity index (χ4n) is 3.54. The molecule has 3 rings (SSSR count). The molecular formula is C19H22Cl2Zr. The molecule has 0 amide bonds. The second kappa shape index (κ2) is 8.05. The summed E-state index contributed by atoms with van der Waals surface area (Å²) in [6, 6.07) is 8.96. The number of rotatable bonds is 2. The molecule has 0 radical (unpaired) electrons. The summed E-state index contributed by atoms with van der Waals surface area (Å²) in [5.41, 5.74) is 6.13. The van der Waals surface area contributed by atoms with Crippen molar-refractivity contribution in [2.75, 3.05) is 0 Å². The van der Waals surface area contributed by atoms with E-state index in [1.165, 1.54) is 12.0 Å². The minimum Gasteiger partial charge on any atom is -1.00 e. The van der Waals surface area contributed by atoms with E-state index in [0.717, 1.165) is 0 Å². The van der Waals surface area contributed by atoms with Crippen LogP contribution in [0.2, 0.25) is 0 Å². The fourth-order valence-corrected chi connectivity index (χ4v) is 12.0. The van der Waals surface area contributed by atoms with Crippen molar-refractivity contribution in [3.63, 3.8) is 0 Å². The molecule has 3 heteroatoms. The van der Waals surface area contributed by atoms with Gasteiger partial charge in [0.2, 0.25) is 0 Å². The molecule has 0 saturated carbocycles. The normalized spacial score (nSPS) is 18.0. The van der Waals surface area contributed by atoms with Crippen molar-refractivity contribution in [3.05, 3.63) is 62.0 Å². The van der Waals surface area contributed by atoms with Crippen LogP contribution >= 0.6 is 0 Å². The number of hydrogen-bond acceptors (Lipinski definition) is 0.